The molecule has 6 aromatic rings. The van der Waals surface area contributed by atoms with Crippen LogP contribution in [0, 0.1) is 0 Å². The number of aromatic nitrogens is 2. The second-order valence-corrected chi connectivity index (χ2v) is 15.2. The van der Waals surface area contributed by atoms with Gasteiger partial charge in [-0.05, 0) is 102 Å². The topological polar surface area (TPSA) is 135 Å². The maximum Gasteiger partial charge on any atom is 0.410 e. The molecule has 0 saturated carbocycles. The van der Waals surface area contributed by atoms with Crippen LogP contribution in [0.3, 0.4) is 0 Å². The molecule has 3 heterocycles. The fourth-order valence-corrected chi connectivity index (χ4v) is 7.14. The van der Waals surface area contributed by atoms with Crippen molar-refractivity contribution in [1.29, 1.82) is 0 Å². The van der Waals surface area contributed by atoms with Gasteiger partial charge in [-0.1, -0.05) is 71.0 Å². The predicted octanol–water partition coefficient (Wildman–Crippen LogP) is 13.5. The van der Waals surface area contributed by atoms with Crippen molar-refractivity contribution in [1.82, 2.24) is 19.7 Å². The smallest absolute Gasteiger partial charge is 0.410 e. The highest BCUT2D eigenvalue weighted by atomic mass is 79.9. The van der Waals surface area contributed by atoms with Gasteiger partial charge in [0.15, 0.2) is 0 Å². The molecule has 0 saturated heterocycles. The van der Waals surface area contributed by atoms with E-state index in [2.05, 4.69) is 84.6 Å². The van der Waals surface area contributed by atoms with Gasteiger partial charge >= 0.3 is 24.7 Å². The molecule has 2 aromatic heterocycles. The number of ether oxygens (including phenoxy) is 4. The molecule has 1 atom stereocenters. The van der Waals surface area contributed by atoms with Gasteiger partial charge in [0, 0.05) is 72.9 Å². The van der Waals surface area contributed by atoms with E-state index in [1.54, 1.807) is 12.1 Å². The zero-order valence-corrected chi connectivity index (χ0v) is 37.4. The lowest BCUT2D eigenvalue weighted by Gasteiger charge is -2.35. The largest absolute Gasteiger partial charge is 0.451 e. The van der Waals surface area contributed by atoms with Gasteiger partial charge < -0.3 is 28.9 Å². The number of aldehydes is 1. The van der Waals surface area contributed by atoms with Crippen molar-refractivity contribution in [3.05, 3.63) is 128 Å². The van der Waals surface area contributed by atoms with E-state index in [0.29, 0.717) is 30.4 Å². The Hall–Kier alpha value is -4.95. The number of nitrogens with one attached hydrogen (secondary N) is 3. The van der Waals surface area contributed by atoms with Crippen molar-refractivity contribution in [2.24, 2.45) is 0 Å². The van der Waals surface area contributed by atoms with Crippen molar-refractivity contribution in [3.8, 4) is 11.5 Å². The van der Waals surface area contributed by atoms with Crippen LogP contribution >= 0.6 is 55.2 Å². The van der Waals surface area contributed by atoms with E-state index < -0.39 is 44.1 Å². The molecular formula is C44H46Br2Cl2F6N4O7. The van der Waals surface area contributed by atoms with Gasteiger partial charge in [-0.25, -0.2) is 23.2 Å². The Morgan fingerprint density at radius 3 is 1.89 bits per heavy atom. The Morgan fingerprint density at radius 2 is 1.37 bits per heavy atom. The third-order valence-electron chi connectivity index (χ3n) is 8.80. The van der Waals surface area contributed by atoms with Crippen molar-refractivity contribution < 1.29 is 59.7 Å². The van der Waals surface area contributed by atoms with E-state index >= 15 is 0 Å². The normalized spacial score (nSPS) is 12.5. The number of alkyl halides is 6. The molecule has 7 rings (SSSR count). The fourth-order valence-electron chi connectivity index (χ4n) is 6.25. The zero-order chi connectivity index (χ0) is 45.9. The number of halogens is 10. The lowest BCUT2D eigenvalue weighted by atomic mass is 9.92. The van der Waals surface area contributed by atoms with Gasteiger partial charge in [0.2, 0.25) is 0 Å². The van der Waals surface area contributed by atoms with E-state index in [-0.39, 0.29) is 39.6 Å². The second-order valence-electron chi connectivity index (χ2n) is 12.8. The van der Waals surface area contributed by atoms with Crippen LogP contribution in [-0.2, 0) is 22.3 Å². The molecule has 354 valence electrons. The highest BCUT2D eigenvalue weighted by molar-refractivity contribution is 9.10. The minimum atomic E-state index is -2.92. The van der Waals surface area contributed by atoms with Gasteiger partial charge in [0.1, 0.15) is 50.4 Å². The number of benzene rings is 4. The average molecular weight is 1090 g/mol. The van der Waals surface area contributed by atoms with Crippen LogP contribution in [0.1, 0.15) is 53.6 Å². The molecule has 1 aliphatic rings. The van der Waals surface area contributed by atoms with Crippen molar-refractivity contribution >= 4 is 94.9 Å². The maximum atomic E-state index is 12.6. The Morgan fingerprint density at radius 1 is 0.815 bits per heavy atom. The number of hydrogen-bond acceptors (Lipinski definition) is 8. The summed E-state index contributed by atoms with van der Waals surface area (Å²) in [5.41, 5.74) is 5.41. The number of nitrogens with zero attached hydrogens (tertiary/aromatic N) is 1. The molecule has 11 nitrogen and oxygen atoms in total. The number of H-pyrrole nitrogens is 2. The third kappa shape index (κ3) is 17.4. The van der Waals surface area contributed by atoms with Crippen molar-refractivity contribution in [2.45, 2.75) is 47.0 Å². The Kier molecular flexibility index (Phi) is 24.9. The number of aromatic amines is 2. The number of carbonyl (C=O) groups excluding carboxylic acids is 3. The maximum absolute atomic E-state index is 12.6. The van der Waals surface area contributed by atoms with Gasteiger partial charge in [-0.3, -0.25) is 9.69 Å². The summed E-state index contributed by atoms with van der Waals surface area (Å²) in [6.45, 7) is -6.61. The zero-order valence-electron chi connectivity index (χ0n) is 32.7. The highest BCUT2D eigenvalue weighted by Gasteiger charge is 2.35. The van der Waals surface area contributed by atoms with E-state index in [9.17, 15) is 40.7 Å². The number of rotatable bonds is 13. The number of carbonyl (C=O) groups is 3. The molecule has 1 amide bonds. The quantitative estimate of drug-likeness (QED) is 0.0450. The van der Waals surface area contributed by atoms with Crippen LogP contribution in [-0.4, -0.2) is 85.6 Å². The average Bonchev–Trinajstić information content (AvgIpc) is 3.84. The Bertz CT molecular complexity index is 2380. The van der Waals surface area contributed by atoms with Gasteiger partial charge in [-0.2, -0.15) is 17.6 Å². The first-order valence-electron chi connectivity index (χ1n) is 18.6. The molecule has 0 bridgehead atoms. The van der Waals surface area contributed by atoms with Crippen molar-refractivity contribution in [2.75, 3.05) is 39.7 Å². The molecule has 0 radical (unpaired) electrons. The molecule has 0 fully saturated rings. The van der Waals surface area contributed by atoms with E-state index in [4.69, 9.17) is 16.5 Å². The number of hydrogen-bond donors (Lipinski definition) is 3. The molecular weight excluding hydrogens is 1040 g/mol. The molecule has 1 unspecified atom stereocenters. The summed E-state index contributed by atoms with van der Waals surface area (Å²) in [6.07, 6.45) is 3.57. The Labute approximate surface area is 398 Å². The number of amides is 1. The highest BCUT2D eigenvalue weighted by Crippen LogP contribution is 2.40. The van der Waals surface area contributed by atoms with E-state index in [0.717, 1.165) is 49.6 Å². The van der Waals surface area contributed by atoms with Gasteiger partial charge in [-0.15, -0.1) is 0 Å². The van der Waals surface area contributed by atoms with Crippen molar-refractivity contribution in [3.63, 3.8) is 0 Å². The summed E-state index contributed by atoms with van der Waals surface area (Å²) in [7, 11) is 0. The first kappa shape index (κ1) is 56.2. The minimum Gasteiger partial charge on any atom is -0.451 e. The van der Waals surface area contributed by atoms with E-state index in [1.807, 2.05) is 30.5 Å². The third-order valence-corrected chi connectivity index (χ3v) is 10.1. The molecule has 1 aliphatic heterocycles. The van der Waals surface area contributed by atoms with E-state index in [1.165, 1.54) is 52.2 Å². The predicted molar refractivity (Wildman–Crippen MR) is 247 cm³/mol. The molecule has 0 spiro atoms. The lowest BCUT2D eigenvalue weighted by Crippen LogP contribution is -2.41. The summed E-state index contributed by atoms with van der Waals surface area (Å²) in [6, 6.07) is 23.2. The first-order chi connectivity index (χ1) is 30.3. The molecule has 65 heavy (non-hydrogen) atoms. The van der Waals surface area contributed by atoms with Crippen LogP contribution in [0.15, 0.2) is 100 Å². The second kappa shape index (κ2) is 28.8. The van der Waals surface area contributed by atoms with Crippen LogP contribution in [0.25, 0.3) is 21.8 Å². The number of fused-ring (bicyclic) bond motifs is 4. The first-order valence-corrected chi connectivity index (χ1v) is 20.9. The van der Waals surface area contributed by atoms with Crippen LogP contribution in [0.4, 0.5) is 35.9 Å². The molecule has 4 aromatic carbocycles. The monoisotopic (exact) mass is 1080 g/mol. The summed E-state index contributed by atoms with van der Waals surface area (Å²) in [5, 5.41) is 2.31. The standard InChI is InChI=1S/C21H18BrF3N2O3.C10H10BrClN2.C8H6F2O2.C3H4ClFO2.2CH4/c22-13-3-6-15-16-7-9-27(21(28)29-10-8-23)19(18(16)26-17(15)11-13)12-1-4-14(5-2-12)30-20(24)25;11-8-1-2-9-7(3-4-14-12)6-13-10(9)5-8;9-8(10)12-7-3-1-6(5-11)2-4-7;4-3(6)7-2-1-5;;/h1-6,11,19-20,26H,7-10H2;1-2,5-6,13-14H,3-4H2;1-5,8H;1-2H2;2*1H4. The van der Waals surface area contributed by atoms with Crippen LogP contribution < -0.4 is 14.3 Å². The van der Waals surface area contributed by atoms with Gasteiger partial charge in [0.05, 0.1) is 0 Å². The molecule has 3 N–H and O–H groups in total. The summed E-state index contributed by atoms with van der Waals surface area (Å²) >= 11 is 17.0. The molecule has 21 heteroatoms. The summed E-state index contributed by atoms with van der Waals surface area (Å²) < 4.78 is 91.2. The van der Waals surface area contributed by atoms with Gasteiger partial charge in [0.25, 0.3) is 0 Å². The summed E-state index contributed by atoms with van der Waals surface area (Å²) in [5.74, 6) is 0.0764. The molecule has 0 aliphatic carbocycles. The lowest BCUT2D eigenvalue weighted by molar-refractivity contribution is -0.0505. The van der Waals surface area contributed by atoms with Crippen LogP contribution in [0.5, 0.6) is 11.5 Å². The van der Waals surface area contributed by atoms with Crippen LogP contribution in [0.2, 0.25) is 0 Å². The minimum absolute atomic E-state index is 0. The fraction of sp³-hybridized carbons (Fsp3) is 0.295. The SMILES string of the molecule is C.C.ClNCCc1c[nH]c2cc(Br)ccc12.O=C(Cl)OCCF.O=C(OCCF)N1CCc2c([nH]c3cc(Br)ccc23)C1c1ccc(OC(F)F)cc1.O=Cc1ccc(OC(F)F)cc1. The Balaban J connectivity index is 0.000000345. The summed E-state index contributed by atoms with van der Waals surface area (Å²) in [4.78, 5) is 43.1.